The zero-order valence-corrected chi connectivity index (χ0v) is 11.0. The van der Waals surface area contributed by atoms with Crippen molar-refractivity contribution in [3.8, 4) is 0 Å². The van der Waals surface area contributed by atoms with E-state index >= 15 is 0 Å². The smallest absolute Gasteiger partial charge is 0.239 e. The Morgan fingerprint density at radius 1 is 1.32 bits per heavy atom. The maximum Gasteiger partial charge on any atom is 0.239 e. The van der Waals surface area contributed by atoms with Crippen LogP contribution in [-0.4, -0.2) is 55.6 Å². The minimum atomic E-state index is -0.357. The van der Waals surface area contributed by atoms with Crippen molar-refractivity contribution in [1.82, 2.24) is 15.3 Å². The van der Waals surface area contributed by atoms with Crippen molar-refractivity contribution in [3.05, 3.63) is 30.1 Å². The molecule has 2 N–H and O–H groups in total. The van der Waals surface area contributed by atoms with Crippen molar-refractivity contribution < 1.29 is 9.18 Å². The molecule has 1 aliphatic rings. The molecule has 5 nitrogen and oxygen atoms in total. The van der Waals surface area contributed by atoms with Gasteiger partial charge in [0.1, 0.15) is 5.82 Å². The van der Waals surface area contributed by atoms with Crippen LogP contribution in [0.15, 0.2) is 24.3 Å². The fourth-order valence-electron chi connectivity index (χ4n) is 1.92. The number of hydrazine groups is 1. The number of piperazine rings is 1. The molecule has 0 aliphatic carbocycles. The van der Waals surface area contributed by atoms with Gasteiger partial charge in [-0.3, -0.25) is 4.79 Å². The van der Waals surface area contributed by atoms with Gasteiger partial charge in [-0.15, -0.1) is 0 Å². The molecule has 2 rings (SSSR count). The first-order chi connectivity index (χ1) is 9.13. The third-order valence-electron chi connectivity index (χ3n) is 3.07. The number of hydrogen-bond acceptors (Lipinski definition) is 4. The number of halogens is 1. The Morgan fingerprint density at radius 2 is 2.05 bits per heavy atom. The van der Waals surface area contributed by atoms with Gasteiger partial charge in [0.25, 0.3) is 0 Å². The van der Waals surface area contributed by atoms with Gasteiger partial charge in [0.15, 0.2) is 0 Å². The van der Waals surface area contributed by atoms with Crippen LogP contribution in [-0.2, 0) is 4.79 Å². The van der Waals surface area contributed by atoms with Crippen LogP contribution in [0.1, 0.15) is 0 Å². The van der Waals surface area contributed by atoms with Gasteiger partial charge in [0.05, 0.1) is 6.54 Å². The van der Waals surface area contributed by atoms with Crippen LogP contribution in [0.25, 0.3) is 0 Å². The van der Waals surface area contributed by atoms with E-state index in [1.54, 1.807) is 12.1 Å². The lowest BCUT2D eigenvalue weighted by molar-refractivity contribution is -0.116. The number of benzene rings is 1. The molecule has 1 aliphatic heterocycles. The Hall–Kier alpha value is -1.50. The van der Waals surface area contributed by atoms with Crippen molar-refractivity contribution in [2.24, 2.45) is 0 Å². The molecule has 1 amide bonds. The van der Waals surface area contributed by atoms with Crippen molar-refractivity contribution in [1.29, 1.82) is 0 Å². The zero-order valence-electron chi connectivity index (χ0n) is 11.0. The van der Waals surface area contributed by atoms with Crippen molar-refractivity contribution >= 4 is 11.6 Å². The van der Waals surface area contributed by atoms with E-state index < -0.39 is 0 Å². The fraction of sp³-hybridized carbons (Fsp3) is 0.462. The number of likely N-dealkylation sites (N-methyl/N-ethyl adjacent to an activating group) is 1. The molecule has 1 aromatic rings. The molecule has 0 unspecified atom stereocenters. The van der Waals surface area contributed by atoms with E-state index in [0.717, 1.165) is 26.2 Å². The van der Waals surface area contributed by atoms with Gasteiger partial charge in [-0.05, 0) is 25.2 Å². The Morgan fingerprint density at radius 3 is 2.74 bits per heavy atom. The number of rotatable bonds is 4. The maximum absolute atomic E-state index is 13.0. The number of nitrogens with zero attached hydrogens (tertiary/aromatic N) is 2. The van der Waals surface area contributed by atoms with Gasteiger partial charge >= 0.3 is 0 Å². The molecule has 0 saturated carbocycles. The number of carbonyl (C=O) groups excluding carboxylic acids is 1. The lowest BCUT2D eigenvalue weighted by Gasteiger charge is -2.32. The van der Waals surface area contributed by atoms with Crippen LogP contribution >= 0.6 is 0 Å². The Kier molecular flexibility index (Phi) is 4.84. The minimum absolute atomic E-state index is 0.176. The van der Waals surface area contributed by atoms with Crippen LogP contribution in [0.5, 0.6) is 0 Å². The summed E-state index contributed by atoms with van der Waals surface area (Å²) in [6.45, 7) is 3.95. The number of amides is 1. The average Bonchev–Trinajstić information content (AvgIpc) is 2.38. The summed E-state index contributed by atoms with van der Waals surface area (Å²) in [6.07, 6.45) is 0. The highest BCUT2D eigenvalue weighted by molar-refractivity contribution is 5.92. The predicted molar refractivity (Wildman–Crippen MR) is 72.1 cm³/mol. The van der Waals surface area contributed by atoms with E-state index in [1.165, 1.54) is 12.1 Å². The first-order valence-corrected chi connectivity index (χ1v) is 6.36. The molecule has 0 spiro atoms. The summed E-state index contributed by atoms with van der Waals surface area (Å²) < 4.78 is 13.0. The number of hydrogen-bond donors (Lipinski definition) is 2. The highest BCUT2D eigenvalue weighted by atomic mass is 19.1. The SMILES string of the molecule is CN1CCN(NCC(=O)Nc2cccc(F)c2)CC1. The Balaban J connectivity index is 1.73. The minimum Gasteiger partial charge on any atom is -0.325 e. The lowest BCUT2D eigenvalue weighted by Crippen LogP contribution is -2.52. The molecule has 0 atom stereocenters. The molecular formula is C13H19FN4O. The number of nitrogens with one attached hydrogen (secondary N) is 2. The van der Waals surface area contributed by atoms with Crippen LogP contribution in [0.4, 0.5) is 10.1 Å². The molecule has 0 aromatic heterocycles. The second-order valence-corrected chi connectivity index (χ2v) is 4.68. The first kappa shape index (κ1) is 13.9. The summed E-state index contributed by atoms with van der Waals surface area (Å²) in [5, 5.41) is 4.69. The largest absolute Gasteiger partial charge is 0.325 e. The van der Waals surface area contributed by atoms with Crippen LogP contribution < -0.4 is 10.7 Å². The van der Waals surface area contributed by atoms with Gasteiger partial charge in [-0.2, -0.15) is 0 Å². The molecule has 0 radical (unpaired) electrons. The predicted octanol–water partition coefficient (Wildman–Crippen LogP) is 0.516. The quantitative estimate of drug-likeness (QED) is 0.834. The van der Waals surface area contributed by atoms with Crippen molar-refractivity contribution in [2.45, 2.75) is 0 Å². The number of anilines is 1. The van der Waals surface area contributed by atoms with Gasteiger partial charge in [0, 0.05) is 31.9 Å². The van der Waals surface area contributed by atoms with Crippen molar-refractivity contribution in [3.63, 3.8) is 0 Å². The van der Waals surface area contributed by atoms with Gasteiger partial charge in [-0.25, -0.2) is 14.8 Å². The van der Waals surface area contributed by atoms with E-state index in [1.807, 2.05) is 5.01 Å². The summed E-state index contributed by atoms with van der Waals surface area (Å²) in [7, 11) is 2.08. The number of carbonyl (C=O) groups is 1. The highest BCUT2D eigenvalue weighted by Gasteiger charge is 2.14. The third-order valence-corrected chi connectivity index (χ3v) is 3.07. The van der Waals surface area contributed by atoms with E-state index in [9.17, 15) is 9.18 Å². The third kappa shape index (κ3) is 4.59. The molecule has 1 heterocycles. The normalized spacial score (nSPS) is 17.4. The molecule has 1 fully saturated rings. The molecule has 6 heteroatoms. The molecule has 104 valence electrons. The lowest BCUT2D eigenvalue weighted by atomic mass is 10.3. The summed E-state index contributed by atoms with van der Waals surface area (Å²) in [6, 6.07) is 5.88. The topological polar surface area (TPSA) is 47.6 Å². The standard InChI is InChI=1S/C13H19FN4O/c1-17-5-7-18(8-6-17)15-10-13(19)16-12-4-2-3-11(14)9-12/h2-4,9,15H,5-8,10H2,1H3,(H,16,19). The van der Waals surface area contributed by atoms with E-state index in [-0.39, 0.29) is 18.3 Å². The molecule has 0 bridgehead atoms. The monoisotopic (exact) mass is 266 g/mol. The molecule has 1 aromatic carbocycles. The van der Waals surface area contributed by atoms with Gasteiger partial charge in [-0.1, -0.05) is 6.07 Å². The Bertz CT molecular complexity index is 432. The summed E-state index contributed by atoms with van der Waals surface area (Å²) >= 11 is 0. The summed E-state index contributed by atoms with van der Waals surface area (Å²) in [4.78, 5) is 13.9. The second-order valence-electron chi connectivity index (χ2n) is 4.68. The summed E-state index contributed by atoms with van der Waals surface area (Å²) in [5.41, 5.74) is 3.55. The zero-order chi connectivity index (χ0) is 13.7. The maximum atomic E-state index is 13.0. The van der Waals surface area contributed by atoms with Gasteiger partial charge in [0.2, 0.25) is 5.91 Å². The average molecular weight is 266 g/mol. The van der Waals surface area contributed by atoms with E-state index in [2.05, 4.69) is 22.7 Å². The first-order valence-electron chi connectivity index (χ1n) is 6.36. The summed E-state index contributed by atoms with van der Waals surface area (Å²) in [5.74, 6) is -0.533. The van der Waals surface area contributed by atoms with E-state index in [4.69, 9.17) is 0 Å². The van der Waals surface area contributed by atoms with Gasteiger partial charge < -0.3 is 10.2 Å². The molecule has 19 heavy (non-hydrogen) atoms. The van der Waals surface area contributed by atoms with E-state index in [0.29, 0.717) is 5.69 Å². The molecular weight excluding hydrogens is 247 g/mol. The van der Waals surface area contributed by atoms with Crippen LogP contribution in [0, 0.1) is 5.82 Å². The van der Waals surface area contributed by atoms with Crippen molar-refractivity contribution in [2.75, 3.05) is 45.1 Å². The second kappa shape index (κ2) is 6.60. The Labute approximate surface area is 112 Å². The molecule has 1 saturated heterocycles. The highest BCUT2D eigenvalue weighted by Crippen LogP contribution is 2.08. The fourth-order valence-corrected chi connectivity index (χ4v) is 1.92. The van der Waals surface area contributed by atoms with Crippen LogP contribution in [0.2, 0.25) is 0 Å². The van der Waals surface area contributed by atoms with Crippen LogP contribution in [0.3, 0.4) is 0 Å².